The van der Waals surface area contributed by atoms with Gasteiger partial charge in [0.1, 0.15) is 0 Å². The minimum atomic E-state index is -0.445. The van der Waals surface area contributed by atoms with Gasteiger partial charge >= 0.3 is 5.63 Å². The topological polar surface area (TPSA) is 64.4 Å². The smallest absolute Gasteiger partial charge is 0.345 e. The van der Waals surface area contributed by atoms with Crippen molar-refractivity contribution in [3.63, 3.8) is 0 Å². The van der Waals surface area contributed by atoms with Crippen molar-refractivity contribution in [3.05, 3.63) is 68.8 Å². The molecule has 26 heavy (non-hydrogen) atoms. The molecule has 0 saturated heterocycles. The number of ether oxygens (including phenoxy) is 1. The van der Waals surface area contributed by atoms with E-state index < -0.39 is 5.63 Å². The second kappa shape index (κ2) is 6.93. The number of benzene rings is 2. The number of methoxy groups -OCH3 is 1. The Hall–Kier alpha value is -2.64. The number of hydrogen-bond donors (Lipinski definition) is 1. The second-order valence-corrected chi connectivity index (χ2v) is 7.18. The SMILES string of the molecule is COc1cccc2cc(-c3csc(Nc4ccccc4Br)n3)c(=O)oc12. The first-order valence-electron chi connectivity index (χ1n) is 7.74. The zero-order valence-corrected chi connectivity index (χ0v) is 16.1. The molecule has 0 unspecified atom stereocenters. The van der Waals surface area contributed by atoms with E-state index in [0.29, 0.717) is 27.7 Å². The van der Waals surface area contributed by atoms with Gasteiger partial charge in [-0.25, -0.2) is 9.78 Å². The highest BCUT2D eigenvalue weighted by Crippen LogP contribution is 2.31. The molecule has 5 nitrogen and oxygen atoms in total. The molecule has 2 heterocycles. The Bertz CT molecular complexity index is 1150. The molecule has 0 spiro atoms. The standard InChI is InChI=1S/C19H13BrN2O3S/c1-24-16-8-4-5-11-9-12(18(23)25-17(11)16)15-10-26-19(22-15)21-14-7-3-2-6-13(14)20/h2-10H,1H3,(H,21,22). The Morgan fingerprint density at radius 3 is 2.85 bits per heavy atom. The van der Waals surface area contributed by atoms with E-state index in [4.69, 9.17) is 9.15 Å². The predicted octanol–water partition coefficient (Wildman–Crippen LogP) is 5.43. The highest BCUT2D eigenvalue weighted by atomic mass is 79.9. The van der Waals surface area contributed by atoms with E-state index in [2.05, 4.69) is 26.2 Å². The van der Waals surface area contributed by atoms with Crippen molar-refractivity contribution in [2.45, 2.75) is 0 Å². The van der Waals surface area contributed by atoms with Crippen molar-refractivity contribution in [2.75, 3.05) is 12.4 Å². The Balaban J connectivity index is 1.73. The van der Waals surface area contributed by atoms with Crippen LogP contribution in [-0.2, 0) is 0 Å². The summed E-state index contributed by atoms with van der Waals surface area (Å²) in [6.45, 7) is 0. The maximum atomic E-state index is 12.4. The normalized spacial score (nSPS) is 10.8. The van der Waals surface area contributed by atoms with E-state index >= 15 is 0 Å². The molecule has 1 N–H and O–H groups in total. The Morgan fingerprint density at radius 2 is 2.04 bits per heavy atom. The number of rotatable bonds is 4. The van der Waals surface area contributed by atoms with Gasteiger partial charge in [-0.15, -0.1) is 11.3 Å². The lowest BCUT2D eigenvalue weighted by Crippen LogP contribution is -2.03. The van der Waals surface area contributed by atoms with E-state index in [1.807, 2.05) is 41.8 Å². The summed E-state index contributed by atoms with van der Waals surface area (Å²) in [4.78, 5) is 17.0. The fourth-order valence-corrected chi connectivity index (χ4v) is 3.70. The summed E-state index contributed by atoms with van der Waals surface area (Å²) in [6, 6.07) is 15.0. The third kappa shape index (κ3) is 3.11. The van der Waals surface area contributed by atoms with Crippen LogP contribution in [0.3, 0.4) is 0 Å². The number of fused-ring (bicyclic) bond motifs is 1. The molecule has 4 rings (SSSR count). The number of para-hydroxylation sites is 2. The minimum absolute atomic E-state index is 0.419. The van der Waals surface area contributed by atoms with E-state index in [1.54, 1.807) is 19.2 Å². The number of aromatic nitrogens is 1. The van der Waals surface area contributed by atoms with Gasteiger partial charge in [0.05, 0.1) is 24.1 Å². The molecule has 4 aromatic rings. The van der Waals surface area contributed by atoms with Crippen molar-refractivity contribution in [1.29, 1.82) is 0 Å². The molecule has 2 aromatic carbocycles. The van der Waals surface area contributed by atoms with Crippen LogP contribution in [0.1, 0.15) is 0 Å². The highest BCUT2D eigenvalue weighted by Gasteiger charge is 2.14. The van der Waals surface area contributed by atoms with Crippen molar-refractivity contribution >= 4 is 49.1 Å². The molecule has 0 aliphatic rings. The molecule has 0 fully saturated rings. The number of thiazole rings is 1. The van der Waals surface area contributed by atoms with Gasteiger partial charge in [0, 0.05) is 15.2 Å². The quantitative estimate of drug-likeness (QED) is 0.438. The van der Waals surface area contributed by atoms with Crippen LogP contribution in [-0.4, -0.2) is 12.1 Å². The van der Waals surface area contributed by atoms with Crippen molar-refractivity contribution in [3.8, 4) is 17.0 Å². The molecule has 130 valence electrons. The maximum Gasteiger partial charge on any atom is 0.345 e. The predicted molar refractivity (Wildman–Crippen MR) is 108 cm³/mol. The molecule has 0 amide bonds. The monoisotopic (exact) mass is 428 g/mol. The third-order valence-electron chi connectivity index (χ3n) is 3.84. The van der Waals surface area contributed by atoms with Crippen LogP contribution in [0.25, 0.3) is 22.2 Å². The first-order chi connectivity index (χ1) is 12.7. The van der Waals surface area contributed by atoms with E-state index in [1.165, 1.54) is 11.3 Å². The van der Waals surface area contributed by atoms with Crippen LogP contribution in [0.2, 0.25) is 0 Å². The fraction of sp³-hybridized carbons (Fsp3) is 0.0526. The minimum Gasteiger partial charge on any atom is -0.493 e. The van der Waals surface area contributed by atoms with E-state index in [-0.39, 0.29) is 0 Å². The molecule has 0 aliphatic carbocycles. The van der Waals surface area contributed by atoms with Gasteiger partial charge in [-0.1, -0.05) is 24.3 Å². The summed E-state index contributed by atoms with van der Waals surface area (Å²) in [6.07, 6.45) is 0. The average Bonchev–Trinajstić information content (AvgIpc) is 3.11. The Kier molecular flexibility index (Phi) is 4.48. The van der Waals surface area contributed by atoms with Crippen LogP contribution in [0.5, 0.6) is 5.75 Å². The molecule has 0 aliphatic heterocycles. The summed E-state index contributed by atoms with van der Waals surface area (Å²) >= 11 is 4.92. The number of nitrogens with zero attached hydrogens (tertiary/aromatic N) is 1. The van der Waals surface area contributed by atoms with Gasteiger partial charge in [-0.3, -0.25) is 0 Å². The summed E-state index contributed by atoms with van der Waals surface area (Å²) in [7, 11) is 1.54. The Morgan fingerprint density at radius 1 is 1.19 bits per heavy atom. The van der Waals surface area contributed by atoms with Crippen molar-refractivity contribution in [2.24, 2.45) is 0 Å². The van der Waals surface area contributed by atoms with Gasteiger partial charge in [-0.2, -0.15) is 0 Å². The lowest BCUT2D eigenvalue weighted by Gasteiger charge is -2.05. The van der Waals surface area contributed by atoms with Crippen LogP contribution in [0, 0.1) is 0 Å². The summed E-state index contributed by atoms with van der Waals surface area (Å²) in [5, 5.41) is 6.55. The fourth-order valence-electron chi connectivity index (χ4n) is 2.59. The number of hydrogen-bond acceptors (Lipinski definition) is 6. The molecular weight excluding hydrogens is 416 g/mol. The number of halogens is 1. The van der Waals surface area contributed by atoms with Crippen molar-refractivity contribution in [1.82, 2.24) is 4.98 Å². The van der Waals surface area contributed by atoms with Gasteiger partial charge in [0.25, 0.3) is 0 Å². The molecule has 2 aromatic heterocycles. The van der Waals surface area contributed by atoms with Crippen LogP contribution >= 0.6 is 27.3 Å². The summed E-state index contributed by atoms with van der Waals surface area (Å²) in [5.41, 5.74) is 1.89. The summed E-state index contributed by atoms with van der Waals surface area (Å²) in [5.74, 6) is 0.528. The van der Waals surface area contributed by atoms with E-state index in [0.717, 1.165) is 15.5 Å². The third-order valence-corrected chi connectivity index (χ3v) is 5.29. The van der Waals surface area contributed by atoms with Gasteiger partial charge in [0.15, 0.2) is 16.5 Å². The molecular formula is C19H13BrN2O3S. The highest BCUT2D eigenvalue weighted by molar-refractivity contribution is 9.10. The first kappa shape index (κ1) is 16.8. The molecule has 0 bridgehead atoms. The zero-order valence-electron chi connectivity index (χ0n) is 13.7. The molecule has 0 saturated carbocycles. The lowest BCUT2D eigenvalue weighted by atomic mass is 10.1. The zero-order chi connectivity index (χ0) is 18.1. The Labute approximate surface area is 161 Å². The summed E-state index contributed by atoms with van der Waals surface area (Å²) < 4.78 is 11.7. The maximum absolute atomic E-state index is 12.4. The average molecular weight is 429 g/mol. The first-order valence-corrected chi connectivity index (χ1v) is 9.41. The molecule has 7 heteroatoms. The van der Waals surface area contributed by atoms with Crippen LogP contribution in [0.4, 0.5) is 10.8 Å². The van der Waals surface area contributed by atoms with Gasteiger partial charge in [-0.05, 0) is 40.2 Å². The van der Waals surface area contributed by atoms with E-state index in [9.17, 15) is 4.79 Å². The molecule has 0 atom stereocenters. The largest absolute Gasteiger partial charge is 0.493 e. The van der Waals surface area contributed by atoms with Gasteiger partial charge in [0.2, 0.25) is 0 Å². The lowest BCUT2D eigenvalue weighted by molar-refractivity contribution is 0.407. The van der Waals surface area contributed by atoms with Crippen LogP contribution < -0.4 is 15.7 Å². The molecule has 0 radical (unpaired) electrons. The second-order valence-electron chi connectivity index (χ2n) is 5.47. The van der Waals surface area contributed by atoms with Crippen molar-refractivity contribution < 1.29 is 9.15 Å². The van der Waals surface area contributed by atoms with Gasteiger partial charge < -0.3 is 14.5 Å². The number of anilines is 2. The van der Waals surface area contributed by atoms with Crippen LogP contribution in [0.15, 0.2) is 67.6 Å². The number of nitrogens with one attached hydrogen (secondary N) is 1.